The monoisotopic (exact) mass is 306 g/mol. The van der Waals surface area contributed by atoms with Crippen molar-refractivity contribution in [2.75, 3.05) is 0 Å². The molecule has 1 heterocycles. The molecule has 0 aliphatic rings. The number of thiophene rings is 1. The molecule has 114 valence electrons. The summed E-state index contributed by atoms with van der Waals surface area (Å²) < 4.78 is 6.46. The van der Waals surface area contributed by atoms with Gasteiger partial charge in [0.25, 0.3) is 0 Å². The lowest BCUT2D eigenvalue weighted by Gasteiger charge is -2.21. The Labute approximate surface area is 129 Å². The number of nitrogens with one attached hydrogen (secondary N) is 2. The molecular weight excluding hydrogens is 284 g/mol. The highest BCUT2D eigenvalue weighted by atomic mass is 32.1. The predicted molar refractivity (Wildman–Crippen MR) is 87.5 cm³/mol. The predicted octanol–water partition coefficient (Wildman–Crippen LogP) is 4.30. The fourth-order valence-electron chi connectivity index (χ4n) is 2.14. The van der Waals surface area contributed by atoms with Crippen LogP contribution in [0.3, 0.4) is 0 Å². The van der Waals surface area contributed by atoms with Crippen LogP contribution in [0.15, 0.2) is 24.3 Å². The first-order chi connectivity index (χ1) is 9.78. The summed E-state index contributed by atoms with van der Waals surface area (Å²) in [6.45, 7) is 9.65. The highest BCUT2D eigenvalue weighted by Crippen LogP contribution is 2.34. The maximum atomic E-state index is 11.7. The summed E-state index contributed by atoms with van der Waals surface area (Å²) in [6, 6.07) is 8.35. The van der Waals surface area contributed by atoms with Gasteiger partial charge >= 0.3 is 6.09 Å². The maximum absolute atomic E-state index is 11.7. The smallest absolute Gasteiger partial charge is 0.422 e. The van der Waals surface area contributed by atoms with E-state index in [4.69, 9.17) is 4.74 Å². The average Bonchev–Trinajstić information content (AvgIpc) is 2.72. The molecule has 2 aromatic rings. The van der Waals surface area contributed by atoms with Crippen LogP contribution < -0.4 is 10.9 Å². The Morgan fingerprint density at radius 2 is 1.95 bits per heavy atom. The van der Waals surface area contributed by atoms with E-state index in [9.17, 15) is 4.79 Å². The number of hydrogen-bond acceptors (Lipinski definition) is 4. The largest absolute Gasteiger partial charge is 0.443 e. The molecule has 2 rings (SSSR count). The number of carbonyl (C=O) groups is 1. The summed E-state index contributed by atoms with van der Waals surface area (Å²) in [6.07, 6.45) is -0.465. The first-order valence-corrected chi connectivity index (χ1v) is 7.82. The van der Waals surface area contributed by atoms with E-state index in [1.54, 1.807) is 11.3 Å². The van der Waals surface area contributed by atoms with Crippen LogP contribution in [-0.4, -0.2) is 11.7 Å². The van der Waals surface area contributed by atoms with Crippen LogP contribution >= 0.6 is 11.3 Å². The normalized spacial score (nSPS) is 13.2. The van der Waals surface area contributed by atoms with Crippen molar-refractivity contribution in [1.82, 2.24) is 10.9 Å². The SMILES string of the molecule is Cc1c(C(C)NNC(=O)OC(C)(C)C)sc2ccccc12. The van der Waals surface area contributed by atoms with Crippen molar-refractivity contribution in [3.05, 3.63) is 34.7 Å². The molecule has 5 heteroatoms. The summed E-state index contributed by atoms with van der Waals surface area (Å²) in [4.78, 5) is 12.9. The third kappa shape index (κ3) is 3.95. The highest BCUT2D eigenvalue weighted by molar-refractivity contribution is 7.19. The summed E-state index contributed by atoms with van der Waals surface area (Å²) >= 11 is 1.74. The highest BCUT2D eigenvalue weighted by Gasteiger charge is 2.18. The minimum atomic E-state index is -0.497. The number of ether oxygens (including phenoxy) is 1. The molecule has 1 amide bonds. The van der Waals surface area contributed by atoms with Crippen LogP contribution in [0.4, 0.5) is 4.79 Å². The molecule has 1 aromatic heterocycles. The van der Waals surface area contributed by atoms with Gasteiger partial charge < -0.3 is 4.74 Å². The molecule has 2 N–H and O–H groups in total. The summed E-state index contributed by atoms with van der Waals surface area (Å²) in [5.74, 6) is 0. The minimum Gasteiger partial charge on any atom is -0.443 e. The molecule has 0 bridgehead atoms. The Kier molecular flexibility index (Phi) is 4.54. The zero-order valence-electron chi connectivity index (χ0n) is 13.1. The number of hydrazine groups is 1. The average molecular weight is 306 g/mol. The van der Waals surface area contributed by atoms with Crippen molar-refractivity contribution < 1.29 is 9.53 Å². The number of hydrogen-bond donors (Lipinski definition) is 2. The second-order valence-electron chi connectivity index (χ2n) is 6.08. The molecule has 0 fully saturated rings. The Morgan fingerprint density at radius 3 is 2.57 bits per heavy atom. The van der Waals surface area contributed by atoms with Gasteiger partial charge in [0.1, 0.15) is 5.60 Å². The van der Waals surface area contributed by atoms with E-state index in [2.05, 4.69) is 29.9 Å². The quantitative estimate of drug-likeness (QED) is 0.831. The van der Waals surface area contributed by atoms with Crippen molar-refractivity contribution in [1.29, 1.82) is 0 Å². The zero-order valence-corrected chi connectivity index (χ0v) is 13.9. The van der Waals surface area contributed by atoms with Crippen molar-refractivity contribution in [2.45, 2.75) is 46.3 Å². The van der Waals surface area contributed by atoms with Crippen molar-refractivity contribution in [3.8, 4) is 0 Å². The molecule has 0 aliphatic carbocycles. The third-order valence-electron chi connectivity index (χ3n) is 3.06. The Balaban J connectivity index is 2.04. The summed E-state index contributed by atoms with van der Waals surface area (Å²) in [5, 5.41) is 1.27. The molecule has 1 aromatic carbocycles. The van der Waals surface area contributed by atoms with E-state index in [1.807, 2.05) is 39.8 Å². The topological polar surface area (TPSA) is 50.4 Å². The number of aryl methyl sites for hydroxylation is 1. The van der Waals surface area contributed by atoms with Crippen molar-refractivity contribution >= 4 is 27.5 Å². The van der Waals surface area contributed by atoms with E-state index in [0.29, 0.717) is 0 Å². The first-order valence-electron chi connectivity index (χ1n) is 7.00. The second kappa shape index (κ2) is 6.03. The summed E-state index contributed by atoms with van der Waals surface area (Å²) in [7, 11) is 0. The van der Waals surface area contributed by atoms with Crippen LogP contribution in [0.2, 0.25) is 0 Å². The van der Waals surface area contributed by atoms with Gasteiger partial charge in [-0.2, -0.15) is 0 Å². The third-order valence-corrected chi connectivity index (χ3v) is 4.52. The van der Waals surface area contributed by atoms with Gasteiger partial charge in [-0.15, -0.1) is 11.3 Å². The first kappa shape index (κ1) is 15.8. The molecular formula is C16H22N2O2S. The second-order valence-corrected chi connectivity index (χ2v) is 7.16. The van der Waals surface area contributed by atoms with Crippen LogP contribution in [0.1, 0.15) is 44.2 Å². The van der Waals surface area contributed by atoms with E-state index in [1.165, 1.54) is 20.5 Å². The lowest BCUT2D eigenvalue weighted by Crippen LogP contribution is -2.42. The van der Waals surface area contributed by atoms with Gasteiger partial charge in [-0.25, -0.2) is 10.2 Å². The van der Waals surface area contributed by atoms with E-state index < -0.39 is 11.7 Å². The van der Waals surface area contributed by atoms with Gasteiger partial charge in [0.2, 0.25) is 0 Å². The minimum absolute atomic E-state index is 0.0231. The van der Waals surface area contributed by atoms with E-state index in [-0.39, 0.29) is 6.04 Å². The van der Waals surface area contributed by atoms with Crippen LogP contribution in [0.5, 0.6) is 0 Å². The Morgan fingerprint density at radius 1 is 1.29 bits per heavy atom. The Hall–Kier alpha value is -1.59. The lowest BCUT2D eigenvalue weighted by molar-refractivity contribution is 0.0489. The molecule has 1 unspecified atom stereocenters. The molecule has 0 spiro atoms. The van der Waals surface area contributed by atoms with Crippen molar-refractivity contribution in [2.24, 2.45) is 0 Å². The lowest BCUT2D eigenvalue weighted by atomic mass is 10.1. The van der Waals surface area contributed by atoms with E-state index in [0.717, 1.165) is 0 Å². The number of benzene rings is 1. The molecule has 4 nitrogen and oxygen atoms in total. The maximum Gasteiger partial charge on any atom is 0.422 e. The van der Waals surface area contributed by atoms with Gasteiger partial charge in [-0.1, -0.05) is 18.2 Å². The molecule has 1 atom stereocenters. The number of fused-ring (bicyclic) bond motifs is 1. The van der Waals surface area contributed by atoms with Gasteiger partial charge in [0.15, 0.2) is 0 Å². The van der Waals surface area contributed by atoms with Gasteiger partial charge in [0, 0.05) is 9.58 Å². The van der Waals surface area contributed by atoms with Crippen LogP contribution in [0.25, 0.3) is 10.1 Å². The van der Waals surface area contributed by atoms with Gasteiger partial charge in [0.05, 0.1) is 6.04 Å². The molecule has 0 saturated heterocycles. The van der Waals surface area contributed by atoms with Crippen molar-refractivity contribution in [3.63, 3.8) is 0 Å². The molecule has 0 radical (unpaired) electrons. The van der Waals surface area contributed by atoms with Crippen LogP contribution in [0, 0.1) is 6.92 Å². The van der Waals surface area contributed by atoms with Gasteiger partial charge in [-0.05, 0) is 51.6 Å². The number of carbonyl (C=O) groups excluding carboxylic acids is 1. The molecule has 0 aliphatic heterocycles. The fraction of sp³-hybridized carbons (Fsp3) is 0.438. The Bertz CT molecular complexity index is 643. The zero-order chi connectivity index (χ0) is 15.6. The molecule has 0 saturated carbocycles. The van der Waals surface area contributed by atoms with E-state index >= 15 is 0 Å². The van der Waals surface area contributed by atoms with Gasteiger partial charge in [-0.3, -0.25) is 5.43 Å². The standard InChI is InChI=1S/C16H22N2O2S/c1-10-12-8-6-7-9-13(12)21-14(10)11(2)17-18-15(19)20-16(3,4)5/h6-9,11,17H,1-5H3,(H,18,19). The van der Waals surface area contributed by atoms with Crippen LogP contribution in [-0.2, 0) is 4.74 Å². The summed E-state index contributed by atoms with van der Waals surface area (Å²) in [5.41, 5.74) is 6.37. The number of amides is 1. The molecule has 21 heavy (non-hydrogen) atoms. The number of rotatable bonds is 3. The fourth-order valence-corrected chi connectivity index (χ4v) is 3.36.